The third kappa shape index (κ3) is 3.00. The number of nitrogens with zero attached hydrogens (tertiary/aromatic N) is 3. The Morgan fingerprint density at radius 3 is 2.69 bits per heavy atom. The molecule has 2 fully saturated rings. The van der Waals surface area contributed by atoms with Crippen LogP contribution >= 0.6 is 11.6 Å². The zero-order valence-corrected chi connectivity index (χ0v) is 15.4. The SMILES string of the molecule is CC1=NNC2C(=O)N(CC(=O)Nc3ccc(Cl)cc3)C3CCCCC3N12. The van der Waals surface area contributed by atoms with E-state index in [9.17, 15) is 9.59 Å². The van der Waals surface area contributed by atoms with Crippen molar-refractivity contribution in [1.82, 2.24) is 15.2 Å². The van der Waals surface area contributed by atoms with Gasteiger partial charge in [-0.15, -0.1) is 0 Å². The Labute approximate surface area is 157 Å². The Morgan fingerprint density at radius 2 is 1.96 bits per heavy atom. The summed E-state index contributed by atoms with van der Waals surface area (Å²) in [4.78, 5) is 29.4. The van der Waals surface area contributed by atoms with Gasteiger partial charge in [0.15, 0.2) is 6.17 Å². The van der Waals surface area contributed by atoms with Crippen LogP contribution in [0, 0.1) is 0 Å². The molecule has 0 radical (unpaired) electrons. The number of anilines is 1. The van der Waals surface area contributed by atoms with Crippen molar-refractivity contribution >= 4 is 34.9 Å². The summed E-state index contributed by atoms with van der Waals surface area (Å²) in [6.45, 7) is 1.97. The number of hydrazone groups is 1. The normalized spacial score (nSPS) is 27.4. The zero-order chi connectivity index (χ0) is 18.3. The Bertz CT molecular complexity index is 750. The number of carbonyl (C=O) groups excluding carboxylic acids is 2. The summed E-state index contributed by atoms with van der Waals surface area (Å²) in [7, 11) is 0. The number of halogens is 1. The average molecular weight is 376 g/mol. The highest BCUT2D eigenvalue weighted by molar-refractivity contribution is 6.30. The first-order valence-corrected chi connectivity index (χ1v) is 9.36. The van der Waals surface area contributed by atoms with Crippen LogP contribution in [0.4, 0.5) is 5.69 Å². The summed E-state index contributed by atoms with van der Waals surface area (Å²) in [6, 6.07) is 7.21. The molecule has 0 bridgehead atoms. The van der Waals surface area contributed by atoms with E-state index in [4.69, 9.17) is 11.6 Å². The highest BCUT2D eigenvalue weighted by atomic mass is 35.5. The number of fused-ring (bicyclic) bond motifs is 3. The Balaban J connectivity index is 1.50. The van der Waals surface area contributed by atoms with Crippen LogP contribution in [0.2, 0.25) is 5.02 Å². The molecule has 3 aliphatic rings. The number of hydrogen-bond donors (Lipinski definition) is 2. The second-order valence-corrected chi connectivity index (χ2v) is 7.47. The second-order valence-electron chi connectivity index (χ2n) is 7.04. The first-order chi connectivity index (χ1) is 12.5. The molecule has 1 aromatic rings. The van der Waals surface area contributed by atoms with Gasteiger partial charge in [-0.1, -0.05) is 24.4 Å². The van der Waals surface area contributed by atoms with E-state index >= 15 is 0 Å². The lowest BCUT2D eigenvalue weighted by Gasteiger charge is -2.50. The van der Waals surface area contributed by atoms with Crippen LogP contribution in [0.5, 0.6) is 0 Å². The number of carbonyl (C=O) groups is 2. The van der Waals surface area contributed by atoms with Crippen molar-refractivity contribution in [1.29, 1.82) is 0 Å². The molecule has 7 nitrogen and oxygen atoms in total. The summed E-state index contributed by atoms with van der Waals surface area (Å²) in [6.07, 6.45) is 3.65. The predicted octanol–water partition coefficient (Wildman–Crippen LogP) is 2.00. The van der Waals surface area contributed by atoms with Crippen LogP contribution in [0.15, 0.2) is 29.4 Å². The third-order valence-electron chi connectivity index (χ3n) is 5.41. The lowest BCUT2D eigenvalue weighted by molar-refractivity contribution is -0.151. The predicted molar refractivity (Wildman–Crippen MR) is 99.7 cm³/mol. The fourth-order valence-electron chi connectivity index (χ4n) is 4.25. The molecule has 2 N–H and O–H groups in total. The van der Waals surface area contributed by atoms with Crippen molar-refractivity contribution in [3.63, 3.8) is 0 Å². The van der Waals surface area contributed by atoms with Gasteiger partial charge < -0.3 is 15.1 Å². The first-order valence-electron chi connectivity index (χ1n) is 8.98. The monoisotopic (exact) mass is 375 g/mol. The van der Waals surface area contributed by atoms with Crippen molar-refractivity contribution in [3.05, 3.63) is 29.3 Å². The van der Waals surface area contributed by atoms with E-state index in [0.29, 0.717) is 10.7 Å². The summed E-state index contributed by atoms with van der Waals surface area (Å²) in [5.74, 6) is 0.569. The molecule has 3 unspecified atom stereocenters. The molecule has 4 rings (SSSR count). The zero-order valence-electron chi connectivity index (χ0n) is 14.6. The molecule has 2 aliphatic heterocycles. The maximum Gasteiger partial charge on any atom is 0.268 e. The van der Waals surface area contributed by atoms with E-state index in [2.05, 4.69) is 20.7 Å². The smallest absolute Gasteiger partial charge is 0.268 e. The molecule has 138 valence electrons. The molecule has 8 heteroatoms. The number of hydrogen-bond acceptors (Lipinski definition) is 5. The summed E-state index contributed by atoms with van der Waals surface area (Å²) < 4.78 is 0. The standard InChI is InChI=1S/C18H22ClN5O2/c1-11-21-22-17-18(26)23(14-4-2-3-5-15(14)24(11)17)10-16(25)20-13-8-6-12(19)7-9-13/h6-9,14-15,17,22H,2-5,10H2,1H3,(H,20,25). The minimum Gasteiger partial charge on any atom is -0.325 e. The molecular formula is C18H22ClN5O2. The number of amides is 2. The fourth-order valence-corrected chi connectivity index (χ4v) is 4.38. The van der Waals surface area contributed by atoms with Crippen molar-refractivity contribution in [2.24, 2.45) is 5.10 Å². The highest BCUT2D eigenvalue weighted by Crippen LogP contribution is 2.34. The van der Waals surface area contributed by atoms with Crippen LogP contribution in [0.25, 0.3) is 0 Å². The van der Waals surface area contributed by atoms with E-state index in [0.717, 1.165) is 31.5 Å². The van der Waals surface area contributed by atoms with E-state index in [1.807, 2.05) is 6.92 Å². The van der Waals surface area contributed by atoms with Gasteiger partial charge in [0.1, 0.15) is 12.4 Å². The van der Waals surface area contributed by atoms with E-state index in [1.165, 1.54) is 0 Å². The summed E-state index contributed by atoms with van der Waals surface area (Å²) >= 11 is 5.87. The molecule has 0 aromatic heterocycles. The molecule has 1 aliphatic carbocycles. The summed E-state index contributed by atoms with van der Waals surface area (Å²) in [5.41, 5.74) is 3.60. The van der Waals surface area contributed by atoms with Crippen LogP contribution in [-0.4, -0.2) is 52.2 Å². The van der Waals surface area contributed by atoms with Gasteiger partial charge in [0.25, 0.3) is 5.91 Å². The Kier molecular flexibility index (Phi) is 4.48. The van der Waals surface area contributed by atoms with E-state index in [1.54, 1.807) is 29.2 Å². The maximum atomic E-state index is 13.0. The molecule has 1 saturated carbocycles. The molecule has 26 heavy (non-hydrogen) atoms. The maximum absolute atomic E-state index is 13.0. The molecule has 2 amide bonds. The lowest BCUT2D eigenvalue weighted by Crippen LogP contribution is -2.69. The number of benzene rings is 1. The summed E-state index contributed by atoms with van der Waals surface area (Å²) in [5, 5.41) is 7.70. The van der Waals surface area contributed by atoms with Crippen molar-refractivity contribution in [2.75, 3.05) is 11.9 Å². The Morgan fingerprint density at radius 1 is 1.27 bits per heavy atom. The molecule has 1 saturated heterocycles. The van der Waals surface area contributed by atoms with Crippen molar-refractivity contribution in [2.45, 2.75) is 50.9 Å². The number of rotatable bonds is 3. The Hall–Kier alpha value is -2.28. The molecular weight excluding hydrogens is 354 g/mol. The van der Waals surface area contributed by atoms with Gasteiger partial charge >= 0.3 is 0 Å². The minimum absolute atomic E-state index is 0.0493. The van der Waals surface area contributed by atoms with E-state index < -0.39 is 6.17 Å². The van der Waals surface area contributed by atoms with Crippen LogP contribution < -0.4 is 10.7 Å². The van der Waals surface area contributed by atoms with Crippen molar-refractivity contribution in [3.8, 4) is 0 Å². The van der Waals surface area contributed by atoms with Crippen LogP contribution in [0.1, 0.15) is 32.6 Å². The average Bonchev–Trinajstić information content (AvgIpc) is 3.03. The van der Waals surface area contributed by atoms with Gasteiger partial charge in [0, 0.05) is 10.7 Å². The number of nitrogens with one attached hydrogen (secondary N) is 2. The first kappa shape index (κ1) is 17.1. The molecule has 0 spiro atoms. The lowest BCUT2D eigenvalue weighted by atomic mass is 9.85. The number of amidine groups is 1. The second kappa shape index (κ2) is 6.79. The van der Waals surface area contributed by atoms with Crippen LogP contribution in [0.3, 0.4) is 0 Å². The number of piperazine rings is 1. The topological polar surface area (TPSA) is 77.0 Å². The van der Waals surface area contributed by atoms with Gasteiger partial charge in [-0.3, -0.25) is 15.0 Å². The van der Waals surface area contributed by atoms with Gasteiger partial charge in [0.05, 0.1) is 12.1 Å². The van der Waals surface area contributed by atoms with Gasteiger partial charge in [-0.25, -0.2) is 0 Å². The fraction of sp³-hybridized carbons (Fsp3) is 0.500. The van der Waals surface area contributed by atoms with Crippen LogP contribution in [-0.2, 0) is 9.59 Å². The quantitative estimate of drug-likeness (QED) is 0.847. The third-order valence-corrected chi connectivity index (χ3v) is 5.66. The minimum atomic E-state index is -0.488. The molecule has 3 atom stereocenters. The van der Waals surface area contributed by atoms with Gasteiger partial charge in [-0.2, -0.15) is 5.10 Å². The van der Waals surface area contributed by atoms with Crippen molar-refractivity contribution < 1.29 is 9.59 Å². The molecule has 1 aromatic carbocycles. The van der Waals surface area contributed by atoms with E-state index in [-0.39, 0.29) is 30.4 Å². The molecule has 2 heterocycles. The highest BCUT2D eigenvalue weighted by Gasteiger charge is 2.50. The largest absolute Gasteiger partial charge is 0.325 e. The van der Waals surface area contributed by atoms with Gasteiger partial charge in [0.2, 0.25) is 5.91 Å². The van der Waals surface area contributed by atoms with Gasteiger partial charge in [-0.05, 0) is 44.0 Å².